The smallest absolute Gasteiger partial charge is 0.243 e. The van der Waals surface area contributed by atoms with E-state index in [2.05, 4.69) is 22.5 Å². The number of halogens is 1. The van der Waals surface area contributed by atoms with E-state index in [1.54, 1.807) is 14.1 Å². The van der Waals surface area contributed by atoms with Crippen LogP contribution in [-0.4, -0.2) is 68.5 Å². The van der Waals surface area contributed by atoms with Crippen molar-refractivity contribution in [3.05, 3.63) is 0 Å². The number of rotatable bonds is 5. The van der Waals surface area contributed by atoms with Crippen LogP contribution in [0, 0.1) is 5.92 Å². The van der Waals surface area contributed by atoms with Crippen LogP contribution in [0.4, 0.5) is 0 Å². The molecule has 1 heterocycles. The largest absolute Gasteiger partial charge is 0.354 e. The molecule has 2 rings (SSSR count). The van der Waals surface area contributed by atoms with Crippen LogP contribution < -0.4 is 10.6 Å². The minimum atomic E-state index is -0.372. The van der Waals surface area contributed by atoms with E-state index in [9.17, 15) is 4.79 Å². The summed E-state index contributed by atoms with van der Waals surface area (Å²) in [6.07, 6.45) is 4.29. The summed E-state index contributed by atoms with van der Waals surface area (Å²) in [5.41, 5.74) is 0. The van der Waals surface area contributed by atoms with Gasteiger partial charge in [-0.2, -0.15) is 0 Å². The van der Waals surface area contributed by atoms with Gasteiger partial charge in [-0.25, -0.2) is 4.99 Å². The number of hydrogen-bond acceptors (Lipinski definition) is 4. The Labute approximate surface area is 174 Å². The lowest BCUT2D eigenvalue weighted by atomic mass is 9.86. The van der Waals surface area contributed by atoms with E-state index in [0.717, 1.165) is 31.6 Å². The summed E-state index contributed by atoms with van der Waals surface area (Å²) in [6, 6.07) is 0.229. The van der Waals surface area contributed by atoms with Gasteiger partial charge >= 0.3 is 0 Å². The van der Waals surface area contributed by atoms with Gasteiger partial charge in [0, 0.05) is 39.5 Å². The van der Waals surface area contributed by atoms with Crippen LogP contribution in [0.25, 0.3) is 0 Å². The van der Waals surface area contributed by atoms with E-state index in [1.165, 1.54) is 4.90 Å². The highest BCUT2D eigenvalue weighted by Crippen LogP contribution is 2.39. The lowest BCUT2D eigenvalue weighted by Gasteiger charge is -2.34. The molecule has 0 aromatic carbocycles. The monoisotopic (exact) mass is 482 g/mol. The quantitative estimate of drug-likeness (QED) is 0.356. The molecule has 1 amide bonds. The summed E-state index contributed by atoms with van der Waals surface area (Å²) in [5.74, 6) is 0.994. The first-order valence-electron chi connectivity index (χ1n) is 9.36. The van der Waals surface area contributed by atoms with Gasteiger partial charge in [0.1, 0.15) is 12.6 Å². The highest BCUT2D eigenvalue weighted by Gasteiger charge is 2.43. The Balaban J connectivity index is 0.00000338. The summed E-state index contributed by atoms with van der Waals surface area (Å²) in [4.78, 5) is 17.6. The number of carbonyl (C=O) groups is 1. The van der Waals surface area contributed by atoms with Crippen LogP contribution in [0.1, 0.15) is 46.5 Å². The first-order chi connectivity index (χ1) is 11.8. The van der Waals surface area contributed by atoms with Crippen LogP contribution in [0.5, 0.6) is 0 Å². The molecular formula is C18H35IN4O3. The van der Waals surface area contributed by atoms with Crippen LogP contribution in [0.15, 0.2) is 4.99 Å². The topological polar surface area (TPSA) is 75.2 Å². The third kappa shape index (κ3) is 7.19. The second-order valence-electron chi connectivity index (χ2n) is 7.78. The Bertz CT molecular complexity index is 477. The molecular weight excluding hydrogens is 447 g/mol. The molecule has 0 aromatic heterocycles. The Morgan fingerprint density at radius 1 is 1.31 bits per heavy atom. The van der Waals surface area contributed by atoms with Crippen LogP contribution in [0.2, 0.25) is 0 Å². The standard InChI is InChI=1S/C18H34N4O3.HI/c1-13(2)21-17(20-11-16(23)22(4)5)19-10-15-12-24-18(25-15)8-6-14(3)7-9-18;/h13-15H,6-12H2,1-5H3,(H2,19,20,21);1H. The van der Waals surface area contributed by atoms with E-state index in [0.29, 0.717) is 19.1 Å². The number of aliphatic imine (C=N–C) groups is 1. The van der Waals surface area contributed by atoms with Gasteiger partial charge in [-0.3, -0.25) is 4.79 Å². The highest BCUT2D eigenvalue weighted by molar-refractivity contribution is 14.0. The molecule has 7 nitrogen and oxygen atoms in total. The summed E-state index contributed by atoms with van der Waals surface area (Å²) in [6.45, 7) is 7.71. The lowest BCUT2D eigenvalue weighted by molar-refractivity contribution is -0.191. The average Bonchev–Trinajstić information content (AvgIpc) is 2.95. The van der Waals surface area contributed by atoms with Crippen LogP contribution in [-0.2, 0) is 14.3 Å². The van der Waals surface area contributed by atoms with Crippen LogP contribution >= 0.6 is 24.0 Å². The van der Waals surface area contributed by atoms with Crippen molar-refractivity contribution in [2.75, 3.05) is 33.8 Å². The third-order valence-electron chi connectivity index (χ3n) is 4.74. The molecule has 1 unspecified atom stereocenters. The predicted molar refractivity (Wildman–Crippen MR) is 114 cm³/mol. The summed E-state index contributed by atoms with van der Waals surface area (Å²) in [5, 5.41) is 6.53. The van der Waals surface area contributed by atoms with Crippen LogP contribution in [0.3, 0.4) is 0 Å². The molecule has 2 N–H and O–H groups in total. The second kappa shape index (κ2) is 10.7. The zero-order valence-electron chi connectivity index (χ0n) is 16.7. The zero-order valence-corrected chi connectivity index (χ0v) is 19.0. The number of guanidine groups is 1. The molecule has 1 saturated heterocycles. The molecule has 26 heavy (non-hydrogen) atoms. The van der Waals surface area contributed by atoms with Crippen molar-refractivity contribution in [1.29, 1.82) is 0 Å². The maximum absolute atomic E-state index is 11.7. The Kier molecular flexibility index (Phi) is 9.60. The fourth-order valence-electron chi connectivity index (χ4n) is 3.11. The molecule has 0 radical (unpaired) electrons. The Hall–Kier alpha value is -0.610. The minimum Gasteiger partial charge on any atom is -0.354 e. The summed E-state index contributed by atoms with van der Waals surface area (Å²) < 4.78 is 12.2. The number of carbonyl (C=O) groups excluding carboxylic acids is 1. The maximum Gasteiger partial charge on any atom is 0.243 e. The number of hydrogen-bond donors (Lipinski definition) is 2. The van der Waals surface area contributed by atoms with Gasteiger partial charge in [0.2, 0.25) is 5.91 Å². The van der Waals surface area contributed by atoms with Crippen molar-refractivity contribution in [3.63, 3.8) is 0 Å². The third-order valence-corrected chi connectivity index (χ3v) is 4.74. The fourth-order valence-corrected chi connectivity index (χ4v) is 3.11. The molecule has 1 spiro atoms. The molecule has 0 aromatic rings. The van der Waals surface area contributed by atoms with Crippen molar-refractivity contribution in [2.24, 2.45) is 10.9 Å². The van der Waals surface area contributed by atoms with E-state index < -0.39 is 0 Å². The van der Waals surface area contributed by atoms with Gasteiger partial charge < -0.3 is 25.0 Å². The molecule has 2 aliphatic rings. The van der Waals surface area contributed by atoms with Gasteiger partial charge in [-0.05, 0) is 32.6 Å². The first-order valence-corrected chi connectivity index (χ1v) is 9.36. The molecule has 1 atom stereocenters. The molecule has 1 aliphatic heterocycles. The number of nitrogens with one attached hydrogen (secondary N) is 2. The van der Waals surface area contributed by atoms with Gasteiger partial charge in [0.05, 0.1) is 6.61 Å². The molecule has 8 heteroatoms. The Morgan fingerprint density at radius 2 is 1.96 bits per heavy atom. The Morgan fingerprint density at radius 3 is 2.54 bits per heavy atom. The fraction of sp³-hybridized carbons (Fsp3) is 0.889. The van der Waals surface area contributed by atoms with Gasteiger partial charge in [0.15, 0.2) is 11.7 Å². The predicted octanol–water partition coefficient (Wildman–Crippen LogP) is 1.96. The minimum absolute atomic E-state index is 0. The van der Waals surface area contributed by atoms with E-state index in [4.69, 9.17) is 9.47 Å². The van der Waals surface area contributed by atoms with Crippen molar-refractivity contribution >= 4 is 35.8 Å². The first kappa shape index (κ1) is 23.4. The van der Waals surface area contributed by atoms with Gasteiger partial charge in [-0.1, -0.05) is 6.92 Å². The van der Waals surface area contributed by atoms with Gasteiger partial charge in [0.25, 0.3) is 0 Å². The van der Waals surface area contributed by atoms with Crippen molar-refractivity contribution in [3.8, 4) is 0 Å². The van der Waals surface area contributed by atoms with Crippen molar-refractivity contribution in [1.82, 2.24) is 15.5 Å². The molecule has 2 fully saturated rings. The molecule has 152 valence electrons. The van der Waals surface area contributed by atoms with E-state index in [1.807, 2.05) is 13.8 Å². The molecule has 1 aliphatic carbocycles. The van der Waals surface area contributed by atoms with E-state index in [-0.39, 0.29) is 54.4 Å². The lowest BCUT2D eigenvalue weighted by Crippen LogP contribution is -2.45. The number of ether oxygens (including phenoxy) is 2. The normalized spacial score (nSPS) is 28.8. The van der Waals surface area contributed by atoms with Gasteiger partial charge in [-0.15, -0.1) is 24.0 Å². The van der Waals surface area contributed by atoms with E-state index >= 15 is 0 Å². The average molecular weight is 482 g/mol. The second-order valence-corrected chi connectivity index (χ2v) is 7.78. The summed E-state index contributed by atoms with van der Waals surface area (Å²) in [7, 11) is 3.46. The highest BCUT2D eigenvalue weighted by atomic mass is 127. The number of nitrogens with zero attached hydrogens (tertiary/aromatic N) is 2. The summed E-state index contributed by atoms with van der Waals surface area (Å²) >= 11 is 0. The molecule has 1 saturated carbocycles. The van der Waals surface area contributed by atoms with Crippen molar-refractivity contribution in [2.45, 2.75) is 64.4 Å². The zero-order chi connectivity index (χ0) is 18.4. The maximum atomic E-state index is 11.7. The number of amides is 1. The SMILES string of the molecule is CC1CCC2(CC1)OCC(CNC(=NCC(=O)N(C)C)NC(C)C)O2.I. The number of likely N-dealkylation sites (N-methyl/N-ethyl adjacent to an activating group) is 1. The van der Waals surface area contributed by atoms with Crippen molar-refractivity contribution < 1.29 is 14.3 Å². The molecule has 0 bridgehead atoms.